The Bertz CT molecular complexity index is 2400. The number of halogens is 12. The van der Waals surface area contributed by atoms with Gasteiger partial charge in [-0.15, -0.1) is 0 Å². The lowest BCUT2D eigenvalue weighted by Crippen LogP contribution is -2.62. The zero-order valence-electron chi connectivity index (χ0n) is 36.8. The van der Waals surface area contributed by atoms with E-state index in [-0.39, 0.29) is 86.1 Å². The van der Waals surface area contributed by atoms with Gasteiger partial charge < -0.3 is 14.4 Å². The highest BCUT2D eigenvalue weighted by molar-refractivity contribution is 5.36. The maximum Gasteiger partial charge on any atom is 0.416 e. The van der Waals surface area contributed by atoms with Gasteiger partial charge >= 0.3 is 24.7 Å². The van der Waals surface area contributed by atoms with Gasteiger partial charge in [0.1, 0.15) is 0 Å². The molecule has 1 unspecified atom stereocenters. The number of nitrogens with one attached hydrogen (secondary N) is 1. The van der Waals surface area contributed by atoms with E-state index in [0.29, 0.717) is 37.1 Å². The number of alkyl halides is 12. The molecule has 0 aromatic heterocycles. The Morgan fingerprint density at radius 3 is 1.50 bits per heavy atom. The van der Waals surface area contributed by atoms with Gasteiger partial charge in [-0.2, -0.15) is 52.7 Å². The highest BCUT2D eigenvalue weighted by Crippen LogP contribution is 2.47. The highest BCUT2D eigenvalue weighted by atomic mass is 19.4. The zero-order chi connectivity index (χ0) is 50.8. The molecule has 0 aliphatic carbocycles. The minimum Gasteiger partial charge on any atom is -0.372 e. The summed E-state index contributed by atoms with van der Waals surface area (Å²) in [4.78, 5) is 24.1. The van der Waals surface area contributed by atoms with E-state index in [1.54, 1.807) is 60.8 Å². The minimum absolute atomic E-state index is 0. The molecule has 6 atom stereocenters. The molecular formula is C48H50F12N4O6. The fourth-order valence-electron chi connectivity index (χ4n) is 8.87. The molecular weight excluding hydrogens is 957 g/mol. The molecule has 4 aromatic carbocycles. The van der Waals surface area contributed by atoms with E-state index in [0.717, 1.165) is 11.1 Å². The molecule has 22 heteroatoms. The minimum atomic E-state index is -4.96. The number of hydrogen-bond donors (Lipinski definition) is 1. The lowest BCUT2D eigenvalue weighted by Gasteiger charge is -2.52. The molecule has 0 amide bonds. The van der Waals surface area contributed by atoms with Gasteiger partial charge in [0.25, 0.3) is 0 Å². The van der Waals surface area contributed by atoms with Crippen LogP contribution in [0.15, 0.2) is 109 Å². The van der Waals surface area contributed by atoms with Crippen LogP contribution >= 0.6 is 0 Å². The lowest BCUT2D eigenvalue weighted by molar-refractivity contribution is -0.576. The number of piperidine rings is 2. The summed E-state index contributed by atoms with van der Waals surface area (Å²) in [5.41, 5.74) is -7.50. The normalized spacial score (nSPS) is 23.6. The molecule has 2 saturated heterocycles. The Hall–Kier alpha value is -5.74. The van der Waals surface area contributed by atoms with Gasteiger partial charge in [-0.3, -0.25) is 25.5 Å². The summed E-state index contributed by atoms with van der Waals surface area (Å²) in [6.07, 6.45) is -17.2. The topological polar surface area (TPSA) is 120 Å². The molecule has 3 aliphatic rings. The number of rotatable bonds is 12. The van der Waals surface area contributed by atoms with Crippen LogP contribution in [0.3, 0.4) is 0 Å². The summed E-state index contributed by atoms with van der Waals surface area (Å²) in [5, 5.41) is 26.1. The monoisotopic (exact) mass is 1010 g/mol. The van der Waals surface area contributed by atoms with Crippen LogP contribution < -0.4 is 5.32 Å². The molecule has 70 heavy (non-hydrogen) atoms. The average molecular weight is 1010 g/mol. The van der Waals surface area contributed by atoms with Crippen molar-refractivity contribution in [2.24, 2.45) is 0 Å². The molecule has 7 rings (SSSR count). The first-order chi connectivity index (χ1) is 32.1. The Morgan fingerprint density at radius 1 is 0.657 bits per heavy atom. The molecule has 1 N–H and O–H groups in total. The molecule has 0 spiro atoms. The summed E-state index contributed by atoms with van der Waals surface area (Å²) in [5.74, 6) is 0. The van der Waals surface area contributed by atoms with E-state index in [1.165, 1.54) is 13.8 Å². The smallest absolute Gasteiger partial charge is 0.372 e. The second-order valence-electron chi connectivity index (χ2n) is 17.5. The molecule has 10 nitrogen and oxygen atoms in total. The first-order valence-corrected chi connectivity index (χ1v) is 21.5. The van der Waals surface area contributed by atoms with E-state index in [2.05, 4.69) is 5.32 Å². The van der Waals surface area contributed by atoms with Gasteiger partial charge in [-0.1, -0.05) is 74.2 Å². The van der Waals surface area contributed by atoms with Crippen LogP contribution in [0, 0.1) is 20.2 Å². The summed E-state index contributed by atoms with van der Waals surface area (Å²) < 4.78 is 171. The summed E-state index contributed by atoms with van der Waals surface area (Å²) in [7, 11) is 0. The molecule has 2 fully saturated rings. The van der Waals surface area contributed by atoms with E-state index < -0.39 is 81.8 Å². The van der Waals surface area contributed by atoms with Crippen molar-refractivity contribution in [3.63, 3.8) is 0 Å². The van der Waals surface area contributed by atoms with Crippen molar-refractivity contribution in [3.05, 3.63) is 174 Å². The van der Waals surface area contributed by atoms with E-state index in [4.69, 9.17) is 9.47 Å². The van der Waals surface area contributed by atoms with E-state index >= 15 is 0 Å². The number of ether oxygens (including phenoxy) is 2. The number of fused-ring (bicyclic) bond motifs is 2. The van der Waals surface area contributed by atoms with Crippen LogP contribution in [-0.2, 0) is 45.3 Å². The summed E-state index contributed by atoms with van der Waals surface area (Å²) in [6, 6.07) is 19.9. The van der Waals surface area contributed by atoms with Gasteiger partial charge in [0.15, 0.2) is 0 Å². The van der Waals surface area contributed by atoms with Crippen molar-refractivity contribution in [1.29, 1.82) is 0 Å². The van der Waals surface area contributed by atoms with Crippen LogP contribution in [-0.4, -0.2) is 52.6 Å². The van der Waals surface area contributed by atoms with Gasteiger partial charge in [0.2, 0.25) is 11.6 Å². The van der Waals surface area contributed by atoms with Crippen LogP contribution in [0.5, 0.6) is 0 Å². The van der Waals surface area contributed by atoms with Crippen molar-refractivity contribution in [1.82, 2.24) is 10.2 Å². The fourth-order valence-corrected chi connectivity index (χ4v) is 8.87. The summed E-state index contributed by atoms with van der Waals surface area (Å²) in [6.45, 7) is 2.75. The van der Waals surface area contributed by atoms with Crippen LogP contribution in [0.1, 0.15) is 110 Å². The Morgan fingerprint density at radius 2 is 1.10 bits per heavy atom. The number of hydrogen-bond acceptors (Lipinski definition) is 8. The quantitative estimate of drug-likeness (QED) is 0.0846. The largest absolute Gasteiger partial charge is 0.416 e. The molecule has 2 bridgehead atoms. The molecule has 3 heterocycles. The fraction of sp³-hybridized carbons (Fsp3) is 0.458. The Labute approximate surface area is 394 Å². The van der Waals surface area contributed by atoms with Gasteiger partial charge in [0.05, 0.1) is 71.8 Å². The third-order valence-corrected chi connectivity index (χ3v) is 13.0. The first kappa shape index (κ1) is 55.2. The molecule has 0 saturated carbocycles. The van der Waals surface area contributed by atoms with Crippen molar-refractivity contribution >= 4 is 0 Å². The van der Waals surface area contributed by atoms with Crippen molar-refractivity contribution in [3.8, 4) is 0 Å². The summed E-state index contributed by atoms with van der Waals surface area (Å²) >= 11 is 0. The number of benzene rings is 4. The molecule has 4 aromatic rings. The van der Waals surface area contributed by atoms with Crippen LogP contribution in [0.25, 0.3) is 0 Å². The predicted octanol–water partition coefficient (Wildman–Crippen LogP) is 13.1. The number of nitrogens with zero attached hydrogens (tertiary/aromatic N) is 3. The molecule has 3 aliphatic heterocycles. The third kappa shape index (κ3) is 12.4. The van der Waals surface area contributed by atoms with Gasteiger partial charge in [-0.25, -0.2) is 0 Å². The van der Waals surface area contributed by atoms with Gasteiger partial charge in [-0.05, 0) is 91.5 Å². The van der Waals surface area contributed by atoms with E-state index in [1.807, 2.05) is 17.0 Å². The second kappa shape index (κ2) is 20.9. The maximum absolute atomic E-state index is 13.3. The highest BCUT2D eigenvalue weighted by Gasteiger charge is 2.56. The average Bonchev–Trinajstić information content (AvgIpc) is 3.30. The van der Waals surface area contributed by atoms with Crippen molar-refractivity contribution in [2.45, 2.75) is 113 Å². The molecule has 0 radical (unpaired) electrons. The first-order valence-electron chi connectivity index (χ1n) is 21.5. The third-order valence-electron chi connectivity index (χ3n) is 13.0. The van der Waals surface area contributed by atoms with Gasteiger partial charge in [0, 0.05) is 29.1 Å². The second-order valence-corrected chi connectivity index (χ2v) is 17.5. The lowest BCUT2D eigenvalue weighted by atomic mass is 9.72. The SMILES string of the molecule is C.C[C@@H](OC[C@@]1(c2ccccc2)CCC([N+](=O)[O-])CN1)c1cc(C(F)(F)F)cc(C(F)(F)F)c1.C[C@@H](OC[C@@]1(c2ccccc2)CC[C@@]2([N+](=O)[O-])CC=CN1C2)c1cc(C(F)(F)F)cc(C(F)(F)F)c1. The van der Waals surface area contributed by atoms with E-state index in [9.17, 15) is 72.9 Å². The van der Waals surface area contributed by atoms with Crippen molar-refractivity contribution in [2.75, 3.05) is 26.3 Å². The Balaban J connectivity index is 0.000000258. The zero-order valence-corrected chi connectivity index (χ0v) is 36.8. The van der Waals surface area contributed by atoms with Crippen molar-refractivity contribution < 1.29 is 72.0 Å². The van der Waals surface area contributed by atoms with Crippen LogP contribution in [0.2, 0.25) is 0 Å². The molecule has 382 valence electrons. The Kier molecular flexibility index (Phi) is 16.5. The standard InChI is InChI=1S/C25H24F6N2O3.C22H22F6N2O3.CH4/c1-17(18-12-20(24(26,27)28)14-21(13-18)25(29,30)31)36-16-23(19-6-3-2-4-7-19)10-9-22(33(34)35)8-5-11-32(23)15-22;1-14(15-9-17(21(23,24)25)11-18(10-15)22(26,27)28)33-13-20(16-5-3-2-4-6-16)8-7-19(12-29-20)30(31)32;/h2-7,11-14,17H,8-10,15-16H2,1H3;2-6,9-11,14,19,29H,7-8,12-13H2,1H3;1H4/t17-,22+,23-;14-,19?,20-;/m11./s1. The van der Waals surface area contributed by atoms with Crippen LogP contribution in [0.4, 0.5) is 52.7 Å². The number of nitro groups is 2. The predicted molar refractivity (Wildman–Crippen MR) is 232 cm³/mol. The maximum atomic E-state index is 13.3.